The maximum absolute atomic E-state index is 6.29. The van der Waals surface area contributed by atoms with Crippen LogP contribution in [0.4, 0.5) is 0 Å². The first kappa shape index (κ1) is 11.9. The fourth-order valence-corrected chi connectivity index (χ4v) is 2.46. The number of rotatable bonds is 3. The van der Waals surface area contributed by atoms with Crippen molar-refractivity contribution in [2.45, 2.75) is 19.9 Å². The summed E-state index contributed by atoms with van der Waals surface area (Å²) >= 11 is 6.29. The highest BCUT2D eigenvalue weighted by molar-refractivity contribution is 6.31. The van der Waals surface area contributed by atoms with Crippen molar-refractivity contribution in [3.63, 3.8) is 0 Å². The Morgan fingerprint density at radius 1 is 1.31 bits per heavy atom. The van der Waals surface area contributed by atoms with Gasteiger partial charge in [-0.3, -0.25) is 4.90 Å². The number of benzene rings is 1. The Morgan fingerprint density at radius 3 is 2.75 bits per heavy atom. The van der Waals surface area contributed by atoms with E-state index in [-0.39, 0.29) is 0 Å². The average molecular weight is 239 g/mol. The molecule has 0 aromatic heterocycles. The molecular formula is C13H19ClN2. The third kappa shape index (κ3) is 2.76. The molecular weight excluding hydrogens is 220 g/mol. The second-order valence-corrected chi connectivity index (χ2v) is 4.66. The molecule has 1 heterocycles. The summed E-state index contributed by atoms with van der Waals surface area (Å²) in [6, 6.07) is 6.23. The third-order valence-electron chi connectivity index (χ3n) is 3.19. The fourth-order valence-electron chi connectivity index (χ4n) is 2.20. The van der Waals surface area contributed by atoms with E-state index in [0.29, 0.717) is 0 Å². The molecule has 0 saturated carbocycles. The minimum absolute atomic E-state index is 0.915. The van der Waals surface area contributed by atoms with Gasteiger partial charge < -0.3 is 5.32 Å². The molecule has 0 bridgehead atoms. The van der Waals surface area contributed by atoms with Crippen molar-refractivity contribution < 1.29 is 0 Å². The number of hydrogen-bond acceptors (Lipinski definition) is 2. The van der Waals surface area contributed by atoms with E-state index < -0.39 is 0 Å². The quantitative estimate of drug-likeness (QED) is 0.870. The lowest BCUT2D eigenvalue weighted by Crippen LogP contribution is -2.43. The van der Waals surface area contributed by atoms with Gasteiger partial charge in [0.15, 0.2) is 0 Å². The first-order valence-electron chi connectivity index (χ1n) is 6.00. The summed E-state index contributed by atoms with van der Waals surface area (Å²) in [4.78, 5) is 2.47. The molecule has 1 N–H and O–H groups in total. The summed E-state index contributed by atoms with van der Waals surface area (Å²) in [5.41, 5.74) is 2.69. The topological polar surface area (TPSA) is 15.3 Å². The highest BCUT2D eigenvalue weighted by Crippen LogP contribution is 2.22. The van der Waals surface area contributed by atoms with E-state index in [2.05, 4.69) is 23.2 Å². The van der Waals surface area contributed by atoms with Gasteiger partial charge in [0.1, 0.15) is 0 Å². The second-order valence-electron chi connectivity index (χ2n) is 4.26. The summed E-state index contributed by atoms with van der Waals surface area (Å²) in [7, 11) is 0. The molecule has 1 aliphatic heterocycles. The minimum Gasteiger partial charge on any atom is -0.314 e. The SMILES string of the molecule is CCc1cccc(Cl)c1CN1CCNCC1. The molecule has 2 nitrogen and oxygen atoms in total. The number of nitrogens with zero attached hydrogens (tertiary/aromatic N) is 1. The standard InChI is InChI=1S/C13H19ClN2/c1-2-11-4-3-5-13(14)12(11)10-16-8-6-15-7-9-16/h3-5,15H,2,6-10H2,1H3. The maximum atomic E-state index is 6.29. The number of piperazine rings is 1. The van der Waals surface area contributed by atoms with E-state index >= 15 is 0 Å². The lowest BCUT2D eigenvalue weighted by molar-refractivity contribution is 0.232. The van der Waals surface area contributed by atoms with Crippen LogP contribution in [-0.2, 0) is 13.0 Å². The van der Waals surface area contributed by atoms with Crippen LogP contribution in [0.5, 0.6) is 0 Å². The zero-order valence-electron chi connectivity index (χ0n) is 9.80. The Morgan fingerprint density at radius 2 is 2.06 bits per heavy atom. The Bertz CT molecular complexity index is 346. The lowest BCUT2D eigenvalue weighted by Gasteiger charge is -2.28. The van der Waals surface area contributed by atoms with Crippen molar-refractivity contribution in [2.24, 2.45) is 0 Å². The van der Waals surface area contributed by atoms with Crippen LogP contribution >= 0.6 is 11.6 Å². The second kappa shape index (κ2) is 5.67. The molecule has 0 radical (unpaired) electrons. The van der Waals surface area contributed by atoms with Crippen LogP contribution in [0.3, 0.4) is 0 Å². The first-order valence-corrected chi connectivity index (χ1v) is 6.38. The van der Waals surface area contributed by atoms with Crippen molar-refractivity contribution in [3.8, 4) is 0 Å². The molecule has 1 aromatic carbocycles. The van der Waals surface area contributed by atoms with Gasteiger partial charge in [0, 0.05) is 37.7 Å². The van der Waals surface area contributed by atoms with E-state index in [9.17, 15) is 0 Å². The van der Waals surface area contributed by atoms with Crippen molar-refractivity contribution >= 4 is 11.6 Å². The summed E-state index contributed by atoms with van der Waals surface area (Å²) in [6.07, 6.45) is 1.06. The van der Waals surface area contributed by atoms with Gasteiger partial charge in [-0.05, 0) is 23.6 Å². The Kier molecular flexibility index (Phi) is 4.22. The number of aryl methyl sites for hydroxylation is 1. The average Bonchev–Trinajstić information content (AvgIpc) is 2.33. The van der Waals surface area contributed by atoms with Crippen molar-refractivity contribution in [1.29, 1.82) is 0 Å². The molecule has 2 rings (SSSR count). The third-order valence-corrected chi connectivity index (χ3v) is 3.54. The van der Waals surface area contributed by atoms with E-state index in [1.165, 1.54) is 11.1 Å². The highest BCUT2D eigenvalue weighted by Gasteiger charge is 2.13. The van der Waals surface area contributed by atoms with Gasteiger partial charge in [0.2, 0.25) is 0 Å². The molecule has 0 unspecified atom stereocenters. The van der Waals surface area contributed by atoms with Crippen molar-refractivity contribution in [2.75, 3.05) is 26.2 Å². The molecule has 0 atom stereocenters. The van der Waals surface area contributed by atoms with Gasteiger partial charge in [-0.25, -0.2) is 0 Å². The van der Waals surface area contributed by atoms with Gasteiger partial charge in [-0.2, -0.15) is 0 Å². The Balaban J connectivity index is 2.12. The number of halogens is 1. The monoisotopic (exact) mass is 238 g/mol. The van der Waals surface area contributed by atoms with E-state index in [1.54, 1.807) is 0 Å². The summed E-state index contributed by atoms with van der Waals surface area (Å²) < 4.78 is 0. The van der Waals surface area contributed by atoms with Gasteiger partial charge >= 0.3 is 0 Å². The predicted octanol–water partition coefficient (Wildman–Crippen LogP) is 2.31. The summed E-state index contributed by atoms with van der Waals surface area (Å²) in [6.45, 7) is 7.60. The molecule has 16 heavy (non-hydrogen) atoms. The van der Waals surface area contributed by atoms with Crippen LogP contribution in [0, 0.1) is 0 Å². The molecule has 88 valence electrons. The molecule has 1 aromatic rings. The fraction of sp³-hybridized carbons (Fsp3) is 0.538. The molecule has 0 spiro atoms. The number of nitrogens with one attached hydrogen (secondary N) is 1. The van der Waals surface area contributed by atoms with Crippen LogP contribution in [0.25, 0.3) is 0 Å². The largest absolute Gasteiger partial charge is 0.314 e. The van der Waals surface area contributed by atoms with Crippen LogP contribution in [0.1, 0.15) is 18.1 Å². The normalized spacial score (nSPS) is 17.6. The molecule has 0 aliphatic carbocycles. The molecule has 0 amide bonds. The van der Waals surface area contributed by atoms with E-state index in [4.69, 9.17) is 11.6 Å². The van der Waals surface area contributed by atoms with Crippen LogP contribution in [0.15, 0.2) is 18.2 Å². The maximum Gasteiger partial charge on any atom is 0.0453 e. The van der Waals surface area contributed by atoms with Gasteiger partial charge in [0.25, 0.3) is 0 Å². The lowest BCUT2D eigenvalue weighted by atomic mass is 10.0. The smallest absolute Gasteiger partial charge is 0.0453 e. The van der Waals surface area contributed by atoms with Gasteiger partial charge in [0.05, 0.1) is 0 Å². The molecule has 1 saturated heterocycles. The first-order chi connectivity index (χ1) is 7.81. The van der Waals surface area contributed by atoms with Crippen LogP contribution < -0.4 is 5.32 Å². The van der Waals surface area contributed by atoms with Crippen LogP contribution in [-0.4, -0.2) is 31.1 Å². The predicted molar refractivity (Wildman–Crippen MR) is 69.0 cm³/mol. The van der Waals surface area contributed by atoms with Crippen LogP contribution in [0.2, 0.25) is 5.02 Å². The summed E-state index contributed by atoms with van der Waals surface area (Å²) in [5.74, 6) is 0. The molecule has 3 heteroatoms. The Hall–Kier alpha value is -0.570. The van der Waals surface area contributed by atoms with E-state index in [1.807, 2.05) is 12.1 Å². The van der Waals surface area contributed by atoms with Crippen molar-refractivity contribution in [1.82, 2.24) is 10.2 Å². The number of hydrogen-bond donors (Lipinski definition) is 1. The summed E-state index contributed by atoms with van der Waals surface area (Å²) in [5, 5.41) is 4.28. The molecule has 1 fully saturated rings. The van der Waals surface area contributed by atoms with Gasteiger partial charge in [-0.15, -0.1) is 0 Å². The minimum atomic E-state index is 0.915. The molecule has 1 aliphatic rings. The van der Waals surface area contributed by atoms with Crippen molar-refractivity contribution in [3.05, 3.63) is 34.3 Å². The van der Waals surface area contributed by atoms with Gasteiger partial charge in [-0.1, -0.05) is 30.7 Å². The Labute approximate surface area is 103 Å². The highest BCUT2D eigenvalue weighted by atomic mass is 35.5. The zero-order chi connectivity index (χ0) is 11.4. The van der Waals surface area contributed by atoms with E-state index in [0.717, 1.165) is 44.2 Å². The zero-order valence-corrected chi connectivity index (χ0v) is 10.6.